The molecule has 3 rings (SSSR count). The van der Waals surface area contributed by atoms with Gasteiger partial charge in [-0.2, -0.15) is 0 Å². The average molecular weight is 394 g/mol. The van der Waals surface area contributed by atoms with Gasteiger partial charge in [-0.15, -0.1) is 0 Å². The number of pyridine rings is 1. The highest BCUT2D eigenvalue weighted by atomic mass is 35.5. The Balaban J connectivity index is 2.45. The second-order valence-corrected chi connectivity index (χ2v) is 6.26. The maximum atomic E-state index is 12.4. The van der Waals surface area contributed by atoms with Crippen LogP contribution in [0.3, 0.4) is 0 Å². The van der Waals surface area contributed by atoms with E-state index < -0.39 is 17.2 Å². The first kappa shape index (κ1) is 18.2. The zero-order chi connectivity index (χ0) is 19.0. The first-order valence-electron chi connectivity index (χ1n) is 7.60. The summed E-state index contributed by atoms with van der Waals surface area (Å²) in [4.78, 5) is 43.1. The van der Waals surface area contributed by atoms with Gasteiger partial charge in [-0.1, -0.05) is 23.2 Å². The number of carbonyl (C=O) groups excluding carboxylic acids is 1. The second-order valence-electron chi connectivity index (χ2n) is 5.42. The van der Waals surface area contributed by atoms with Crippen molar-refractivity contribution in [3.05, 3.63) is 60.7 Å². The molecule has 2 heterocycles. The minimum absolute atomic E-state index is 0.0141. The molecule has 0 unspecified atom stereocenters. The van der Waals surface area contributed by atoms with Gasteiger partial charge in [0.15, 0.2) is 5.65 Å². The summed E-state index contributed by atoms with van der Waals surface area (Å²) in [6, 6.07) is 6.18. The number of fused-ring (bicyclic) bond motifs is 1. The van der Waals surface area contributed by atoms with E-state index in [1.54, 1.807) is 25.1 Å². The van der Waals surface area contributed by atoms with Crippen molar-refractivity contribution in [3.63, 3.8) is 0 Å². The van der Waals surface area contributed by atoms with Gasteiger partial charge in [0.2, 0.25) is 0 Å². The largest absolute Gasteiger partial charge is 0.462 e. The number of nitrogens with zero attached hydrogens (tertiary/aromatic N) is 2. The number of H-pyrrole nitrogens is 1. The summed E-state index contributed by atoms with van der Waals surface area (Å²) in [5, 5.41) is 0.738. The molecule has 0 fully saturated rings. The molecule has 0 atom stereocenters. The van der Waals surface area contributed by atoms with Crippen LogP contribution in [0.2, 0.25) is 10.0 Å². The smallest absolute Gasteiger partial charge is 0.339 e. The second kappa shape index (κ2) is 6.93. The molecule has 9 heteroatoms. The van der Waals surface area contributed by atoms with E-state index in [1.807, 2.05) is 0 Å². The Labute approximate surface area is 157 Å². The van der Waals surface area contributed by atoms with E-state index in [4.69, 9.17) is 27.9 Å². The molecule has 134 valence electrons. The van der Waals surface area contributed by atoms with E-state index in [-0.39, 0.29) is 28.9 Å². The van der Waals surface area contributed by atoms with Crippen molar-refractivity contribution < 1.29 is 9.53 Å². The highest BCUT2D eigenvalue weighted by molar-refractivity contribution is 6.35. The Bertz CT molecular complexity index is 1150. The van der Waals surface area contributed by atoms with E-state index >= 15 is 0 Å². The van der Waals surface area contributed by atoms with Crippen molar-refractivity contribution in [1.29, 1.82) is 0 Å². The summed E-state index contributed by atoms with van der Waals surface area (Å²) in [6.45, 7) is 1.77. The molecule has 0 saturated heterocycles. The lowest BCUT2D eigenvalue weighted by atomic mass is 10.1. The van der Waals surface area contributed by atoms with Gasteiger partial charge < -0.3 is 4.74 Å². The lowest BCUT2D eigenvalue weighted by Crippen LogP contribution is -2.30. The van der Waals surface area contributed by atoms with Gasteiger partial charge in [0.25, 0.3) is 5.56 Å². The molecule has 0 aliphatic rings. The maximum Gasteiger partial charge on any atom is 0.339 e. The monoisotopic (exact) mass is 393 g/mol. The minimum atomic E-state index is -0.720. The predicted octanol–water partition coefficient (Wildman–Crippen LogP) is 2.77. The normalized spacial score (nSPS) is 10.9. The van der Waals surface area contributed by atoms with Crippen LogP contribution in [-0.2, 0) is 11.8 Å². The van der Waals surface area contributed by atoms with Crippen LogP contribution < -0.4 is 11.2 Å². The Morgan fingerprint density at radius 2 is 2.00 bits per heavy atom. The molecule has 0 aliphatic carbocycles. The summed E-state index contributed by atoms with van der Waals surface area (Å²) in [5.74, 6) is -0.705. The average Bonchev–Trinajstić information content (AvgIpc) is 2.61. The molecule has 7 nitrogen and oxygen atoms in total. The molecule has 3 aromatic rings. The maximum absolute atomic E-state index is 12.4. The minimum Gasteiger partial charge on any atom is -0.462 e. The third-order valence-corrected chi connectivity index (χ3v) is 4.33. The van der Waals surface area contributed by atoms with Gasteiger partial charge in [0.05, 0.1) is 28.3 Å². The summed E-state index contributed by atoms with van der Waals surface area (Å²) in [6.07, 6.45) is 0. The molecular formula is C17H13Cl2N3O4. The Morgan fingerprint density at radius 1 is 1.27 bits per heavy atom. The number of halogens is 2. The highest BCUT2D eigenvalue weighted by Gasteiger charge is 2.20. The van der Waals surface area contributed by atoms with Crippen LogP contribution in [0.5, 0.6) is 0 Å². The highest BCUT2D eigenvalue weighted by Crippen LogP contribution is 2.31. The standard InChI is InChI=1S/C17H13Cl2N3O4/c1-3-26-16(24)10-7-12(9-6-8(18)4-5-11(9)19)20-14-13(10)15(23)21-17(25)22(14)2/h4-7H,3H2,1-2H3,(H,21,23,25). The van der Waals surface area contributed by atoms with Crippen LogP contribution in [0.1, 0.15) is 17.3 Å². The van der Waals surface area contributed by atoms with E-state index in [0.717, 1.165) is 4.57 Å². The molecule has 0 radical (unpaired) electrons. The van der Waals surface area contributed by atoms with E-state index in [0.29, 0.717) is 15.6 Å². The molecule has 1 aromatic carbocycles. The molecule has 0 bridgehead atoms. The lowest BCUT2D eigenvalue weighted by Gasteiger charge is -2.11. The molecule has 2 aromatic heterocycles. The third-order valence-electron chi connectivity index (χ3n) is 3.77. The summed E-state index contributed by atoms with van der Waals surface area (Å²) < 4.78 is 6.18. The summed E-state index contributed by atoms with van der Waals surface area (Å²) in [5.41, 5.74) is -0.607. The van der Waals surface area contributed by atoms with Gasteiger partial charge in [-0.05, 0) is 31.2 Å². The van der Waals surface area contributed by atoms with Crippen LogP contribution >= 0.6 is 23.2 Å². The van der Waals surface area contributed by atoms with E-state index in [1.165, 1.54) is 13.1 Å². The van der Waals surface area contributed by atoms with Crippen molar-refractivity contribution in [2.24, 2.45) is 7.05 Å². The Hall–Kier alpha value is -2.64. The van der Waals surface area contributed by atoms with E-state index in [9.17, 15) is 14.4 Å². The number of hydrogen-bond acceptors (Lipinski definition) is 5. The van der Waals surface area contributed by atoms with Crippen molar-refractivity contribution >= 4 is 40.2 Å². The summed E-state index contributed by atoms with van der Waals surface area (Å²) >= 11 is 12.3. The first-order chi connectivity index (χ1) is 12.3. The number of aromatic amines is 1. The fraction of sp³-hybridized carbons (Fsp3) is 0.176. The van der Waals surface area contributed by atoms with Crippen LogP contribution in [0, 0.1) is 0 Å². The summed E-state index contributed by atoms with van der Waals surface area (Å²) in [7, 11) is 1.44. The van der Waals surface area contributed by atoms with Crippen molar-refractivity contribution in [2.45, 2.75) is 6.92 Å². The number of carbonyl (C=O) groups is 1. The van der Waals surface area contributed by atoms with Gasteiger partial charge in [-0.3, -0.25) is 14.3 Å². The topological polar surface area (TPSA) is 94.1 Å². The van der Waals surface area contributed by atoms with Gasteiger partial charge in [-0.25, -0.2) is 14.6 Å². The van der Waals surface area contributed by atoms with Crippen molar-refractivity contribution in [2.75, 3.05) is 6.61 Å². The number of benzene rings is 1. The number of rotatable bonds is 3. The Kier molecular flexibility index (Phi) is 4.84. The SMILES string of the molecule is CCOC(=O)c1cc(-c2cc(Cl)ccc2Cl)nc2c1c(=O)[nH]c(=O)n2C. The van der Waals surface area contributed by atoms with Gasteiger partial charge in [0.1, 0.15) is 0 Å². The predicted molar refractivity (Wildman–Crippen MR) is 99.0 cm³/mol. The zero-order valence-electron chi connectivity index (χ0n) is 13.8. The molecule has 0 amide bonds. The number of aryl methyl sites for hydroxylation is 1. The molecule has 1 N–H and O–H groups in total. The molecule has 0 aliphatic heterocycles. The lowest BCUT2D eigenvalue weighted by molar-refractivity contribution is 0.0528. The molecule has 0 saturated carbocycles. The van der Waals surface area contributed by atoms with Crippen molar-refractivity contribution in [3.8, 4) is 11.3 Å². The first-order valence-corrected chi connectivity index (χ1v) is 8.35. The zero-order valence-corrected chi connectivity index (χ0v) is 15.3. The third kappa shape index (κ3) is 3.11. The van der Waals surface area contributed by atoms with Crippen LogP contribution in [0.4, 0.5) is 0 Å². The molecular weight excluding hydrogens is 381 g/mol. The fourth-order valence-corrected chi connectivity index (χ4v) is 2.93. The number of aromatic nitrogens is 3. The number of ether oxygens (including phenoxy) is 1. The fourth-order valence-electron chi connectivity index (χ4n) is 2.54. The van der Waals surface area contributed by atoms with Gasteiger partial charge >= 0.3 is 11.7 Å². The van der Waals surface area contributed by atoms with Crippen molar-refractivity contribution in [1.82, 2.24) is 14.5 Å². The van der Waals surface area contributed by atoms with Crippen LogP contribution in [0.15, 0.2) is 33.9 Å². The van der Waals surface area contributed by atoms with E-state index in [2.05, 4.69) is 9.97 Å². The van der Waals surface area contributed by atoms with Crippen LogP contribution in [0.25, 0.3) is 22.3 Å². The molecule has 26 heavy (non-hydrogen) atoms. The Morgan fingerprint density at radius 3 is 2.69 bits per heavy atom. The quantitative estimate of drug-likeness (QED) is 0.690. The number of hydrogen-bond donors (Lipinski definition) is 1. The molecule has 0 spiro atoms. The number of esters is 1. The van der Waals surface area contributed by atoms with Gasteiger partial charge in [0, 0.05) is 17.6 Å². The van der Waals surface area contributed by atoms with Crippen LogP contribution in [-0.4, -0.2) is 27.1 Å². The number of nitrogens with one attached hydrogen (secondary N) is 1.